The van der Waals surface area contributed by atoms with Crippen molar-refractivity contribution in [3.63, 3.8) is 0 Å². The van der Waals surface area contributed by atoms with Crippen LogP contribution in [0.5, 0.6) is 0 Å². The summed E-state index contributed by atoms with van der Waals surface area (Å²) in [4.78, 5) is 16.2. The van der Waals surface area contributed by atoms with Crippen molar-refractivity contribution in [1.29, 1.82) is 0 Å². The lowest BCUT2D eigenvalue weighted by Crippen LogP contribution is -2.49. The van der Waals surface area contributed by atoms with Gasteiger partial charge in [-0.3, -0.25) is 9.69 Å². The Hall–Kier alpha value is -0.650. The van der Waals surface area contributed by atoms with Crippen molar-refractivity contribution < 1.29 is 4.79 Å². The number of likely N-dealkylation sites (N-methyl/N-ethyl adjacent to an activating group) is 1. The number of hydrogen-bond donors (Lipinski definition) is 2. The van der Waals surface area contributed by atoms with Gasteiger partial charge < -0.3 is 16.0 Å². The second-order valence-corrected chi connectivity index (χ2v) is 4.97. The molecular weight excluding hydrogens is 216 g/mol. The minimum Gasteiger partial charge on any atom is -0.359 e. The molecule has 0 aromatic carbocycles. The van der Waals surface area contributed by atoms with Crippen molar-refractivity contribution in [2.75, 3.05) is 40.3 Å². The van der Waals surface area contributed by atoms with Crippen LogP contribution >= 0.6 is 0 Å². The van der Waals surface area contributed by atoms with Gasteiger partial charge in [0.15, 0.2) is 0 Å². The number of amides is 1. The number of nitrogens with one attached hydrogen (secondary N) is 1. The number of rotatable bonds is 4. The van der Waals surface area contributed by atoms with E-state index < -0.39 is 0 Å². The number of nitrogens with two attached hydrogens (primary N) is 1. The van der Waals surface area contributed by atoms with Crippen LogP contribution in [-0.2, 0) is 4.79 Å². The van der Waals surface area contributed by atoms with Crippen molar-refractivity contribution in [2.24, 2.45) is 5.73 Å². The molecule has 1 aliphatic heterocycles. The van der Waals surface area contributed by atoms with E-state index in [1.54, 1.807) is 7.05 Å². The predicted molar refractivity (Wildman–Crippen MR) is 69.8 cm³/mol. The molecule has 1 heterocycles. The standard InChI is InChI=1S/C12H26N4O/c1-10-9-15(3)5-4-6-16(10)11(8-13)7-12(17)14-2/h10-11H,4-9,13H2,1-3H3,(H,14,17). The lowest BCUT2D eigenvalue weighted by Gasteiger charge is -2.34. The molecule has 0 aromatic rings. The van der Waals surface area contributed by atoms with Gasteiger partial charge in [-0.2, -0.15) is 0 Å². The summed E-state index contributed by atoms with van der Waals surface area (Å²) in [6.45, 7) is 5.96. The van der Waals surface area contributed by atoms with Crippen LogP contribution in [0.3, 0.4) is 0 Å². The van der Waals surface area contributed by atoms with E-state index >= 15 is 0 Å². The summed E-state index contributed by atoms with van der Waals surface area (Å²) in [7, 11) is 3.83. The summed E-state index contributed by atoms with van der Waals surface area (Å²) >= 11 is 0. The minimum absolute atomic E-state index is 0.0743. The van der Waals surface area contributed by atoms with E-state index in [0.29, 0.717) is 19.0 Å². The van der Waals surface area contributed by atoms with Crippen molar-refractivity contribution >= 4 is 5.91 Å². The topological polar surface area (TPSA) is 61.6 Å². The number of carbonyl (C=O) groups excluding carboxylic acids is 1. The SMILES string of the molecule is CNC(=O)CC(CN)N1CCCN(C)CC1C. The van der Waals surface area contributed by atoms with E-state index in [9.17, 15) is 4.79 Å². The lowest BCUT2D eigenvalue weighted by molar-refractivity contribution is -0.122. The normalized spacial score (nSPS) is 25.3. The molecule has 2 unspecified atom stereocenters. The molecule has 1 aliphatic rings. The summed E-state index contributed by atoms with van der Waals surface area (Å²) in [5.41, 5.74) is 5.82. The molecule has 0 aromatic heterocycles. The van der Waals surface area contributed by atoms with Crippen LogP contribution in [0.2, 0.25) is 0 Å². The third kappa shape index (κ3) is 4.26. The molecule has 0 aliphatic carbocycles. The highest BCUT2D eigenvalue weighted by Crippen LogP contribution is 2.14. The van der Waals surface area contributed by atoms with Crippen LogP contribution < -0.4 is 11.1 Å². The Morgan fingerprint density at radius 1 is 1.53 bits per heavy atom. The number of nitrogens with zero attached hydrogens (tertiary/aromatic N) is 2. The molecule has 0 bridgehead atoms. The van der Waals surface area contributed by atoms with E-state index in [1.807, 2.05) is 0 Å². The monoisotopic (exact) mass is 242 g/mol. The number of carbonyl (C=O) groups is 1. The molecule has 2 atom stereocenters. The van der Waals surface area contributed by atoms with Crippen LogP contribution in [-0.4, -0.2) is 68.1 Å². The second-order valence-electron chi connectivity index (χ2n) is 4.97. The molecule has 100 valence electrons. The molecule has 0 spiro atoms. The molecule has 1 saturated heterocycles. The molecule has 0 saturated carbocycles. The average Bonchev–Trinajstić information content (AvgIpc) is 2.47. The number of hydrogen-bond acceptors (Lipinski definition) is 4. The first-order valence-electron chi connectivity index (χ1n) is 6.43. The third-order valence-electron chi connectivity index (χ3n) is 3.54. The molecule has 17 heavy (non-hydrogen) atoms. The van der Waals surface area contributed by atoms with Gasteiger partial charge in [0, 0.05) is 45.2 Å². The first kappa shape index (κ1) is 14.4. The first-order chi connectivity index (χ1) is 8.08. The van der Waals surface area contributed by atoms with Gasteiger partial charge in [-0.05, 0) is 26.9 Å². The highest BCUT2D eigenvalue weighted by molar-refractivity contribution is 5.76. The Morgan fingerprint density at radius 2 is 2.24 bits per heavy atom. The van der Waals surface area contributed by atoms with Gasteiger partial charge in [0.1, 0.15) is 0 Å². The summed E-state index contributed by atoms with van der Waals surface area (Å²) in [5, 5.41) is 2.68. The van der Waals surface area contributed by atoms with Gasteiger partial charge in [0.2, 0.25) is 5.91 Å². The fourth-order valence-electron chi connectivity index (χ4n) is 2.59. The quantitative estimate of drug-likeness (QED) is 0.696. The highest BCUT2D eigenvalue weighted by atomic mass is 16.1. The van der Waals surface area contributed by atoms with Crippen LogP contribution in [0.15, 0.2) is 0 Å². The molecule has 1 fully saturated rings. The predicted octanol–water partition coefficient (Wildman–Crippen LogP) is -0.524. The van der Waals surface area contributed by atoms with Gasteiger partial charge in [-0.15, -0.1) is 0 Å². The fraction of sp³-hybridized carbons (Fsp3) is 0.917. The van der Waals surface area contributed by atoms with Gasteiger partial charge in [-0.1, -0.05) is 0 Å². The summed E-state index contributed by atoms with van der Waals surface area (Å²) in [6, 6.07) is 0.622. The average molecular weight is 242 g/mol. The maximum atomic E-state index is 11.5. The zero-order chi connectivity index (χ0) is 12.8. The zero-order valence-corrected chi connectivity index (χ0v) is 11.3. The first-order valence-corrected chi connectivity index (χ1v) is 6.43. The van der Waals surface area contributed by atoms with E-state index in [0.717, 1.165) is 26.1 Å². The van der Waals surface area contributed by atoms with Gasteiger partial charge >= 0.3 is 0 Å². The highest BCUT2D eigenvalue weighted by Gasteiger charge is 2.26. The van der Waals surface area contributed by atoms with Crippen LogP contribution in [0, 0.1) is 0 Å². The Labute approximate surface area is 104 Å². The molecule has 1 amide bonds. The van der Waals surface area contributed by atoms with E-state index in [2.05, 4.69) is 29.1 Å². The fourth-order valence-corrected chi connectivity index (χ4v) is 2.59. The minimum atomic E-state index is 0.0743. The maximum Gasteiger partial charge on any atom is 0.221 e. The lowest BCUT2D eigenvalue weighted by atomic mass is 10.1. The van der Waals surface area contributed by atoms with Gasteiger partial charge in [0.05, 0.1) is 0 Å². The molecular formula is C12H26N4O. The Morgan fingerprint density at radius 3 is 2.82 bits per heavy atom. The van der Waals surface area contributed by atoms with Crippen molar-refractivity contribution in [1.82, 2.24) is 15.1 Å². The molecule has 5 heteroatoms. The zero-order valence-electron chi connectivity index (χ0n) is 11.3. The molecule has 1 rings (SSSR count). The summed E-state index contributed by atoms with van der Waals surface area (Å²) in [5.74, 6) is 0.0743. The largest absolute Gasteiger partial charge is 0.359 e. The van der Waals surface area contributed by atoms with Gasteiger partial charge in [0.25, 0.3) is 0 Å². The van der Waals surface area contributed by atoms with Crippen molar-refractivity contribution in [3.8, 4) is 0 Å². The molecule has 0 radical (unpaired) electrons. The Balaban J connectivity index is 2.62. The second kappa shape index (κ2) is 6.93. The maximum absolute atomic E-state index is 11.5. The van der Waals surface area contributed by atoms with Crippen LogP contribution in [0.1, 0.15) is 19.8 Å². The Bertz CT molecular complexity index is 247. The summed E-state index contributed by atoms with van der Waals surface area (Å²) < 4.78 is 0. The van der Waals surface area contributed by atoms with E-state index in [4.69, 9.17) is 5.73 Å². The van der Waals surface area contributed by atoms with Crippen molar-refractivity contribution in [2.45, 2.75) is 31.8 Å². The molecule has 3 N–H and O–H groups in total. The smallest absolute Gasteiger partial charge is 0.221 e. The van der Waals surface area contributed by atoms with Crippen LogP contribution in [0.4, 0.5) is 0 Å². The Kier molecular flexibility index (Phi) is 5.88. The summed E-state index contributed by atoms with van der Waals surface area (Å²) in [6.07, 6.45) is 1.64. The molecule has 5 nitrogen and oxygen atoms in total. The van der Waals surface area contributed by atoms with E-state index in [1.165, 1.54) is 0 Å². The van der Waals surface area contributed by atoms with E-state index in [-0.39, 0.29) is 11.9 Å². The van der Waals surface area contributed by atoms with Crippen molar-refractivity contribution in [3.05, 3.63) is 0 Å². The van der Waals surface area contributed by atoms with Crippen LogP contribution in [0.25, 0.3) is 0 Å². The third-order valence-corrected chi connectivity index (χ3v) is 3.54. The van der Waals surface area contributed by atoms with Gasteiger partial charge in [-0.25, -0.2) is 0 Å².